The first kappa shape index (κ1) is 13.6. The minimum Gasteiger partial charge on any atom is -0.507 e. The van der Waals surface area contributed by atoms with Gasteiger partial charge in [-0.25, -0.2) is 9.07 Å². The number of nitrogens with zero attached hydrogens (tertiary/aromatic N) is 2. The summed E-state index contributed by atoms with van der Waals surface area (Å²) in [4.78, 5) is 0. The Morgan fingerprint density at radius 1 is 1.00 bits per heavy atom. The third-order valence-electron chi connectivity index (χ3n) is 3.06. The van der Waals surface area contributed by atoms with Gasteiger partial charge in [0.2, 0.25) is 0 Å². The molecule has 0 aliphatic carbocycles. The van der Waals surface area contributed by atoms with Crippen LogP contribution < -0.4 is 0 Å². The van der Waals surface area contributed by atoms with Crippen molar-refractivity contribution in [3.05, 3.63) is 59.0 Å². The number of benzene rings is 2. The highest BCUT2D eigenvalue weighted by molar-refractivity contribution is 9.10. The van der Waals surface area contributed by atoms with E-state index in [0.717, 1.165) is 0 Å². The van der Waals surface area contributed by atoms with Crippen LogP contribution in [0.25, 0.3) is 16.9 Å². The van der Waals surface area contributed by atoms with Crippen molar-refractivity contribution in [1.82, 2.24) is 9.78 Å². The molecule has 0 atom stereocenters. The fraction of sp³-hybridized carbons (Fsp3) is 0. The van der Waals surface area contributed by atoms with Crippen LogP contribution in [0.5, 0.6) is 11.5 Å². The highest BCUT2D eigenvalue weighted by Gasteiger charge is 2.14. The molecule has 0 spiro atoms. The summed E-state index contributed by atoms with van der Waals surface area (Å²) in [6, 6.07) is 10.4. The van der Waals surface area contributed by atoms with Gasteiger partial charge in [0.25, 0.3) is 0 Å². The van der Waals surface area contributed by atoms with E-state index in [1.165, 1.54) is 18.2 Å². The Labute approximate surface area is 128 Å². The van der Waals surface area contributed by atoms with Gasteiger partial charge in [0.1, 0.15) is 17.3 Å². The number of aromatic hydroxyl groups is 2. The standard InChI is InChI=1S/C15H10BrFN2O2/c16-12-7-11(14(20)8-15(12)21)13-5-6-18-19(13)10-3-1-9(17)2-4-10/h1-8,20-21H. The topological polar surface area (TPSA) is 58.3 Å². The lowest BCUT2D eigenvalue weighted by Crippen LogP contribution is -1.99. The molecule has 106 valence electrons. The lowest BCUT2D eigenvalue weighted by atomic mass is 10.1. The van der Waals surface area contributed by atoms with Gasteiger partial charge in [0, 0.05) is 11.6 Å². The predicted octanol–water partition coefficient (Wildman–Crippen LogP) is 3.85. The number of halogens is 2. The van der Waals surface area contributed by atoms with Gasteiger partial charge >= 0.3 is 0 Å². The average molecular weight is 349 g/mol. The Bertz CT molecular complexity index is 800. The van der Waals surface area contributed by atoms with E-state index >= 15 is 0 Å². The van der Waals surface area contributed by atoms with Crippen LogP contribution >= 0.6 is 15.9 Å². The molecule has 0 fully saturated rings. The second-order valence-corrected chi connectivity index (χ2v) is 5.28. The molecular weight excluding hydrogens is 339 g/mol. The van der Waals surface area contributed by atoms with Gasteiger partial charge in [-0.15, -0.1) is 0 Å². The van der Waals surface area contributed by atoms with Gasteiger partial charge in [-0.2, -0.15) is 5.10 Å². The van der Waals surface area contributed by atoms with E-state index < -0.39 is 0 Å². The van der Waals surface area contributed by atoms with Gasteiger partial charge in [-0.3, -0.25) is 0 Å². The lowest BCUT2D eigenvalue weighted by molar-refractivity contribution is 0.449. The molecule has 0 aliphatic heterocycles. The van der Waals surface area contributed by atoms with Crippen LogP contribution in [-0.4, -0.2) is 20.0 Å². The van der Waals surface area contributed by atoms with E-state index in [-0.39, 0.29) is 17.3 Å². The summed E-state index contributed by atoms with van der Waals surface area (Å²) in [5, 5.41) is 23.8. The molecule has 0 amide bonds. The molecule has 1 aromatic heterocycles. The molecule has 3 aromatic rings. The van der Waals surface area contributed by atoms with Crippen molar-refractivity contribution in [2.45, 2.75) is 0 Å². The maximum atomic E-state index is 13.0. The van der Waals surface area contributed by atoms with Crippen LogP contribution in [0.1, 0.15) is 0 Å². The minimum absolute atomic E-state index is 0.0518. The normalized spacial score (nSPS) is 10.8. The quantitative estimate of drug-likeness (QED) is 0.739. The highest BCUT2D eigenvalue weighted by atomic mass is 79.9. The van der Waals surface area contributed by atoms with Crippen LogP contribution in [0, 0.1) is 5.82 Å². The SMILES string of the molecule is Oc1cc(O)c(-c2ccnn2-c2ccc(F)cc2)cc1Br. The second-order valence-electron chi connectivity index (χ2n) is 4.43. The molecule has 0 bridgehead atoms. The Balaban J connectivity index is 2.15. The van der Waals surface area contributed by atoms with Crippen molar-refractivity contribution in [3.8, 4) is 28.4 Å². The maximum Gasteiger partial charge on any atom is 0.133 e. The maximum absolute atomic E-state index is 13.0. The summed E-state index contributed by atoms with van der Waals surface area (Å²) in [5.41, 5.74) is 1.79. The van der Waals surface area contributed by atoms with Gasteiger partial charge in [-0.05, 0) is 52.3 Å². The second kappa shape index (κ2) is 5.21. The Morgan fingerprint density at radius 3 is 2.43 bits per heavy atom. The van der Waals surface area contributed by atoms with E-state index in [4.69, 9.17) is 0 Å². The van der Waals surface area contributed by atoms with E-state index in [1.807, 2.05) is 0 Å². The first-order valence-electron chi connectivity index (χ1n) is 6.08. The number of phenols is 2. The van der Waals surface area contributed by atoms with Gasteiger partial charge in [0.05, 0.1) is 22.1 Å². The van der Waals surface area contributed by atoms with Crippen molar-refractivity contribution >= 4 is 15.9 Å². The van der Waals surface area contributed by atoms with Crippen molar-refractivity contribution in [2.75, 3.05) is 0 Å². The monoisotopic (exact) mass is 348 g/mol. The largest absolute Gasteiger partial charge is 0.507 e. The molecule has 21 heavy (non-hydrogen) atoms. The van der Waals surface area contributed by atoms with Crippen molar-refractivity contribution in [3.63, 3.8) is 0 Å². The molecule has 4 nitrogen and oxygen atoms in total. The van der Waals surface area contributed by atoms with Crippen LogP contribution in [0.4, 0.5) is 4.39 Å². The van der Waals surface area contributed by atoms with E-state index in [0.29, 0.717) is 21.4 Å². The van der Waals surface area contributed by atoms with Gasteiger partial charge < -0.3 is 10.2 Å². The predicted molar refractivity (Wildman–Crippen MR) is 80.0 cm³/mol. The zero-order chi connectivity index (χ0) is 15.0. The van der Waals surface area contributed by atoms with Crippen LogP contribution in [-0.2, 0) is 0 Å². The molecule has 0 radical (unpaired) electrons. The number of phenolic OH excluding ortho intramolecular Hbond substituents is 2. The summed E-state index contributed by atoms with van der Waals surface area (Å²) in [6.07, 6.45) is 1.58. The average Bonchev–Trinajstić information content (AvgIpc) is 2.93. The van der Waals surface area contributed by atoms with E-state index in [1.54, 1.807) is 35.1 Å². The summed E-state index contributed by atoms with van der Waals surface area (Å²) in [7, 11) is 0. The molecule has 3 rings (SSSR count). The number of hydrogen-bond acceptors (Lipinski definition) is 3. The smallest absolute Gasteiger partial charge is 0.133 e. The van der Waals surface area contributed by atoms with Crippen LogP contribution in [0.15, 0.2) is 53.1 Å². The van der Waals surface area contributed by atoms with Gasteiger partial charge in [-0.1, -0.05) is 0 Å². The molecule has 0 saturated heterocycles. The molecule has 1 heterocycles. The number of aromatic nitrogens is 2. The lowest BCUT2D eigenvalue weighted by Gasteiger charge is -2.10. The van der Waals surface area contributed by atoms with E-state index in [9.17, 15) is 14.6 Å². The minimum atomic E-state index is -0.331. The highest BCUT2D eigenvalue weighted by Crippen LogP contribution is 2.37. The first-order valence-corrected chi connectivity index (χ1v) is 6.87. The fourth-order valence-electron chi connectivity index (χ4n) is 2.05. The number of hydrogen-bond donors (Lipinski definition) is 2. The summed E-state index contributed by atoms with van der Waals surface area (Å²) in [5.74, 6) is -0.452. The van der Waals surface area contributed by atoms with Gasteiger partial charge in [0.15, 0.2) is 0 Å². The fourth-order valence-corrected chi connectivity index (χ4v) is 2.39. The Morgan fingerprint density at radius 2 is 1.71 bits per heavy atom. The van der Waals surface area contributed by atoms with E-state index in [2.05, 4.69) is 21.0 Å². The van der Waals surface area contributed by atoms with Crippen molar-refractivity contribution in [1.29, 1.82) is 0 Å². The molecule has 2 aromatic carbocycles. The van der Waals surface area contributed by atoms with Crippen molar-refractivity contribution < 1.29 is 14.6 Å². The Hall–Kier alpha value is -2.34. The third kappa shape index (κ3) is 2.50. The van der Waals surface area contributed by atoms with Crippen LogP contribution in [0.2, 0.25) is 0 Å². The molecule has 0 unspecified atom stereocenters. The molecular formula is C15H10BrFN2O2. The summed E-state index contributed by atoms with van der Waals surface area (Å²) in [6.45, 7) is 0. The first-order chi connectivity index (χ1) is 10.1. The van der Waals surface area contributed by atoms with Crippen molar-refractivity contribution in [2.24, 2.45) is 0 Å². The Kier molecular flexibility index (Phi) is 3.39. The van der Waals surface area contributed by atoms with Crippen LogP contribution in [0.3, 0.4) is 0 Å². The third-order valence-corrected chi connectivity index (χ3v) is 3.69. The summed E-state index contributed by atoms with van der Waals surface area (Å²) >= 11 is 3.22. The molecule has 0 saturated carbocycles. The molecule has 6 heteroatoms. The molecule has 2 N–H and O–H groups in total. The zero-order valence-electron chi connectivity index (χ0n) is 10.7. The summed E-state index contributed by atoms with van der Waals surface area (Å²) < 4.78 is 15.1. The number of rotatable bonds is 2. The zero-order valence-corrected chi connectivity index (χ0v) is 12.2. The molecule has 0 aliphatic rings.